The van der Waals surface area contributed by atoms with Crippen LogP contribution in [-0.2, 0) is 12.8 Å². The molecule has 0 spiro atoms. The molecule has 0 saturated heterocycles. The molecule has 0 unspecified atom stereocenters. The van der Waals surface area contributed by atoms with Gasteiger partial charge in [0.25, 0.3) is 5.56 Å². The number of benzene rings is 2. The van der Waals surface area contributed by atoms with Gasteiger partial charge in [-0.1, -0.05) is 44.9 Å². The van der Waals surface area contributed by atoms with E-state index in [0.717, 1.165) is 53.6 Å². The van der Waals surface area contributed by atoms with Crippen molar-refractivity contribution in [2.75, 3.05) is 7.11 Å². The number of ether oxygens (including phenoxy) is 1. The molecule has 0 radical (unpaired) electrons. The van der Waals surface area contributed by atoms with Crippen LogP contribution < -0.4 is 10.3 Å². The van der Waals surface area contributed by atoms with Crippen molar-refractivity contribution in [3.8, 4) is 11.4 Å². The summed E-state index contributed by atoms with van der Waals surface area (Å²) in [6, 6.07) is 15.7. The minimum Gasteiger partial charge on any atom is -0.497 e. The first-order valence-corrected chi connectivity index (χ1v) is 9.01. The zero-order valence-corrected chi connectivity index (χ0v) is 15.2. The molecule has 2 aromatic carbocycles. The van der Waals surface area contributed by atoms with E-state index in [1.54, 1.807) is 7.11 Å². The second kappa shape index (κ2) is 7.56. The predicted octanol–water partition coefficient (Wildman–Crippen LogP) is 4.90. The van der Waals surface area contributed by atoms with E-state index in [1.807, 2.05) is 47.0 Å². The van der Waals surface area contributed by atoms with Crippen molar-refractivity contribution in [1.29, 1.82) is 0 Å². The average molecular weight is 335 g/mol. The number of fused-ring (bicyclic) bond motifs is 1. The third-order valence-electron chi connectivity index (χ3n) is 4.62. The van der Waals surface area contributed by atoms with E-state index >= 15 is 0 Å². The van der Waals surface area contributed by atoms with E-state index in [2.05, 4.69) is 19.9 Å². The van der Waals surface area contributed by atoms with E-state index < -0.39 is 0 Å². The van der Waals surface area contributed by atoms with Crippen molar-refractivity contribution in [2.45, 2.75) is 39.5 Å². The van der Waals surface area contributed by atoms with Crippen LogP contribution in [0.2, 0.25) is 0 Å². The van der Waals surface area contributed by atoms with Crippen molar-refractivity contribution >= 4 is 10.8 Å². The van der Waals surface area contributed by atoms with Crippen LogP contribution in [0.15, 0.2) is 53.3 Å². The molecule has 0 aliphatic carbocycles. The lowest BCUT2D eigenvalue weighted by atomic mass is 9.97. The van der Waals surface area contributed by atoms with E-state index in [1.165, 1.54) is 5.56 Å². The second-order valence-electron chi connectivity index (χ2n) is 6.31. The Hall–Kier alpha value is -2.55. The largest absolute Gasteiger partial charge is 0.497 e. The Morgan fingerprint density at radius 1 is 0.880 bits per heavy atom. The molecule has 3 nitrogen and oxygen atoms in total. The van der Waals surface area contributed by atoms with Gasteiger partial charge in [-0.2, -0.15) is 0 Å². The summed E-state index contributed by atoms with van der Waals surface area (Å²) in [6.07, 6.45) is 3.93. The standard InChI is InChI=1S/C22H25NO2/c1-4-8-19-18-10-6-7-11-20(18)22(24)23(21(19)9-5-2)16-12-14-17(25-3)15-13-16/h6-7,10-15H,4-5,8-9H2,1-3H3. The van der Waals surface area contributed by atoms with Gasteiger partial charge in [-0.25, -0.2) is 0 Å². The minimum atomic E-state index is 0.0593. The Morgan fingerprint density at radius 3 is 2.12 bits per heavy atom. The van der Waals surface area contributed by atoms with Crippen LogP contribution in [0.4, 0.5) is 0 Å². The summed E-state index contributed by atoms with van der Waals surface area (Å²) in [5.74, 6) is 0.795. The highest BCUT2D eigenvalue weighted by Crippen LogP contribution is 2.25. The number of pyridine rings is 1. The summed E-state index contributed by atoms with van der Waals surface area (Å²) in [5, 5.41) is 1.89. The van der Waals surface area contributed by atoms with Crippen molar-refractivity contribution in [1.82, 2.24) is 4.57 Å². The van der Waals surface area contributed by atoms with Gasteiger partial charge in [-0.15, -0.1) is 0 Å². The molecule has 130 valence electrons. The first-order chi connectivity index (χ1) is 12.2. The highest BCUT2D eigenvalue weighted by Gasteiger charge is 2.16. The Balaban J connectivity index is 2.36. The number of methoxy groups -OCH3 is 1. The molecule has 0 amide bonds. The van der Waals surface area contributed by atoms with Crippen LogP contribution in [0, 0.1) is 0 Å². The summed E-state index contributed by atoms with van der Waals surface area (Å²) >= 11 is 0. The molecule has 3 rings (SSSR count). The molecule has 3 heteroatoms. The maximum Gasteiger partial charge on any atom is 0.263 e. The monoisotopic (exact) mass is 335 g/mol. The summed E-state index contributed by atoms with van der Waals surface area (Å²) in [7, 11) is 1.65. The fourth-order valence-electron chi connectivity index (χ4n) is 3.50. The Kier molecular flexibility index (Phi) is 5.22. The lowest BCUT2D eigenvalue weighted by Gasteiger charge is -2.20. The average Bonchev–Trinajstić information content (AvgIpc) is 2.65. The number of rotatable bonds is 6. The molecule has 25 heavy (non-hydrogen) atoms. The molecule has 0 N–H and O–H groups in total. The number of aromatic nitrogens is 1. The number of aryl methyl sites for hydroxylation is 1. The Labute approximate surface area is 148 Å². The van der Waals surface area contributed by atoms with E-state index in [4.69, 9.17) is 4.74 Å². The molecule has 0 fully saturated rings. The highest BCUT2D eigenvalue weighted by molar-refractivity contribution is 5.86. The molecule has 0 aliphatic heterocycles. The third kappa shape index (κ3) is 3.19. The summed E-state index contributed by atoms with van der Waals surface area (Å²) in [5.41, 5.74) is 3.40. The molecule has 0 bridgehead atoms. The fraction of sp³-hybridized carbons (Fsp3) is 0.318. The van der Waals surface area contributed by atoms with Gasteiger partial charge in [0.2, 0.25) is 0 Å². The van der Waals surface area contributed by atoms with E-state index in [9.17, 15) is 4.79 Å². The summed E-state index contributed by atoms with van der Waals surface area (Å²) < 4.78 is 7.16. The molecule has 1 heterocycles. The maximum atomic E-state index is 13.3. The van der Waals surface area contributed by atoms with Crippen LogP contribution >= 0.6 is 0 Å². The molecule has 3 aromatic rings. The minimum absolute atomic E-state index is 0.0593. The first-order valence-electron chi connectivity index (χ1n) is 9.01. The van der Waals surface area contributed by atoms with E-state index in [0.29, 0.717) is 0 Å². The molecule has 0 aliphatic rings. The summed E-state index contributed by atoms with van der Waals surface area (Å²) in [6.45, 7) is 4.35. The topological polar surface area (TPSA) is 31.2 Å². The number of hydrogen-bond acceptors (Lipinski definition) is 2. The van der Waals surface area contributed by atoms with Crippen LogP contribution in [0.3, 0.4) is 0 Å². The number of nitrogens with zero attached hydrogens (tertiary/aromatic N) is 1. The van der Waals surface area contributed by atoms with Gasteiger partial charge in [-0.05, 0) is 54.1 Å². The highest BCUT2D eigenvalue weighted by atomic mass is 16.5. The Bertz CT molecular complexity index is 923. The molecule has 1 aromatic heterocycles. The van der Waals surface area contributed by atoms with Gasteiger partial charge in [0.05, 0.1) is 7.11 Å². The maximum absolute atomic E-state index is 13.3. The van der Waals surface area contributed by atoms with Gasteiger partial charge < -0.3 is 4.74 Å². The second-order valence-corrected chi connectivity index (χ2v) is 6.31. The van der Waals surface area contributed by atoms with Crippen LogP contribution in [0.1, 0.15) is 37.9 Å². The Morgan fingerprint density at radius 2 is 1.52 bits per heavy atom. The smallest absolute Gasteiger partial charge is 0.263 e. The third-order valence-corrected chi connectivity index (χ3v) is 4.62. The molecule has 0 atom stereocenters. The normalized spacial score (nSPS) is 11.0. The van der Waals surface area contributed by atoms with Gasteiger partial charge in [0.15, 0.2) is 0 Å². The SMILES string of the molecule is CCCc1c(CCC)n(-c2ccc(OC)cc2)c(=O)c2ccccc12. The van der Waals surface area contributed by atoms with Crippen molar-refractivity contribution < 1.29 is 4.74 Å². The van der Waals surface area contributed by atoms with Crippen molar-refractivity contribution in [2.24, 2.45) is 0 Å². The van der Waals surface area contributed by atoms with Crippen LogP contribution in [0.5, 0.6) is 5.75 Å². The summed E-state index contributed by atoms with van der Waals surface area (Å²) in [4.78, 5) is 13.3. The zero-order valence-electron chi connectivity index (χ0n) is 15.2. The first kappa shape index (κ1) is 17.3. The zero-order chi connectivity index (χ0) is 17.8. The van der Waals surface area contributed by atoms with Crippen molar-refractivity contribution in [3.05, 3.63) is 70.1 Å². The van der Waals surface area contributed by atoms with Crippen LogP contribution in [-0.4, -0.2) is 11.7 Å². The molecule has 0 saturated carbocycles. The molecular weight excluding hydrogens is 310 g/mol. The van der Waals surface area contributed by atoms with Gasteiger partial charge in [0, 0.05) is 16.8 Å². The van der Waals surface area contributed by atoms with Crippen LogP contribution in [0.25, 0.3) is 16.5 Å². The van der Waals surface area contributed by atoms with Gasteiger partial charge in [-0.3, -0.25) is 9.36 Å². The lowest BCUT2D eigenvalue weighted by molar-refractivity contribution is 0.414. The van der Waals surface area contributed by atoms with Gasteiger partial charge >= 0.3 is 0 Å². The fourth-order valence-corrected chi connectivity index (χ4v) is 3.50. The quantitative estimate of drug-likeness (QED) is 0.641. The molecular formula is C22H25NO2. The number of hydrogen-bond donors (Lipinski definition) is 0. The predicted molar refractivity (Wildman–Crippen MR) is 104 cm³/mol. The lowest BCUT2D eigenvalue weighted by Crippen LogP contribution is -2.24. The van der Waals surface area contributed by atoms with Crippen molar-refractivity contribution in [3.63, 3.8) is 0 Å². The van der Waals surface area contributed by atoms with E-state index in [-0.39, 0.29) is 5.56 Å². The van der Waals surface area contributed by atoms with Gasteiger partial charge in [0.1, 0.15) is 5.75 Å².